The van der Waals surface area contributed by atoms with Gasteiger partial charge in [0.05, 0.1) is 6.61 Å². The molecule has 7 nitrogen and oxygen atoms in total. The highest BCUT2D eigenvalue weighted by atomic mass is 35.5. The summed E-state index contributed by atoms with van der Waals surface area (Å²) in [6.45, 7) is 2.38. The van der Waals surface area contributed by atoms with Crippen LogP contribution in [0, 0.1) is 0 Å². The second kappa shape index (κ2) is 11.3. The normalized spacial score (nSPS) is 14.5. The van der Waals surface area contributed by atoms with E-state index >= 15 is 0 Å². The molecular formula is C25H25Cl2N3O4S. The van der Waals surface area contributed by atoms with E-state index in [1.165, 1.54) is 17.0 Å². The van der Waals surface area contributed by atoms with Crippen LogP contribution in [0.3, 0.4) is 0 Å². The van der Waals surface area contributed by atoms with Crippen molar-refractivity contribution in [2.75, 3.05) is 11.5 Å². The summed E-state index contributed by atoms with van der Waals surface area (Å²) in [6, 6.07) is 12.1. The Hall–Kier alpha value is -2.81. The Morgan fingerprint density at radius 2 is 1.80 bits per heavy atom. The summed E-state index contributed by atoms with van der Waals surface area (Å²) in [7, 11) is 0. The molecule has 4 rings (SSSR count). The van der Waals surface area contributed by atoms with Crippen molar-refractivity contribution in [2.24, 2.45) is 0 Å². The highest BCUT2D eigenvalue weighted by molar-refractivity contribution is 7.11. The number of hydrogen-bond donors (Lipinski definition) is 2. The third kappa shape index (κ3) is 5.72. The summed E-state index contributed by atoms with van der Waals surface area (Å²) in [5, 5.41) is 13.0. The fourth-order valence-corrected chi connectivity index (χ4v) is 5.17. The van der Waals surface area contributed by atoms with Crippen molar-refractivity contribution in [2.45, 2.75) is 44.7 Å². The van der Waals surface area contributed by atoms with Gasteiger partial charge in [-0.05, 0) is 73.3 Å². The molecule has 1 unspecified atom stereocenters. The number of phenols is 1. The standard InChI is InChI=1S/C25H25Cl2N3O4S/c1-2-34-19-13-9-17(10-14-19)30(25(33)21-20(26)23(27)35-29-21)22(15-7-11-18(31)12-8-15)24(32)28-16-5-3-4-6-16/h7-14,16,22,31H,2-6H2,1H3,(H,28,32). The summed E-state index contributed by atoms with van der Waals surface area (Å²) in [4.78, 5) is 29.0. The van der Waals surface area contributed by atoms with Gasteiger partial charge in [0.2, 0.25) is 5.91 Å². The van der Waals surface area contributed by atoms with Crippen molar-refractivity contribution < 1.29 is 19.4 Å². The largest absolute Gasteiger partial charge is 0.508 e. The van der Waals surface area contributed by atoms with Crippen LogP contribution in [0.1, 0.15) is 54.7 Å². The number of phenolic OH excluding ortho intramolecular Hbond substituents is 1. The molecule has 1 aromatic heterocycles. The fourth-order valence-electron chi connectivity index (χ4n) is 4.18. The Labute approximate surface area is 217 Å². The first kappa shape index (κ1) is 25.3. The van der Waals surface area contributed by atoms with E-state index in [9.17, 15) is 14.7 Å². The molecule has 1 atom stereocenters. The molecule has 10 heteroatoms. The van der Waals surface area contributed by atoms with Gasteiger partial charge in [-0.15, -0.1) is 0 Å². The lowest BCUT2D eigenvalue weighted by Gasteiger charge is -2.32. The third-order valence-corrected chi connectivity index (χ3v) is 7.47. The SMILES string of the molecule is CCOc1ccc(N(C(=O)c2nsc(Cl)c2Cl)C(C(=O)NC2CCCC2)c2ccc(O)cc2)cc1. The number of anilines is 1. The molecule has 1 aliphatic carbocycles. The fraction of sp³-hybridized carbons (Fsp3) is 0.320. The Bertz CT molecular complexity index is 1180. The highest BCUT2D eigenvalue weighted by Gasteiger charge is 2.37. The number of ether oxygens (including phenoxy) is 1. The van der Waals surface area contributed by atoms with Crippen LogP contribution >= 0.6 is 34.7 Å². The van der Waals surface area contributed by atoms with Crippen LogP contribution in [-0.2, 0) is 4.79 Å². The number of nitrogens with one attached hydrogen (secondary N) is 1. The summed E-state index contributed by atoms with van der Waals surface area (Å²) < 4.78 is 9.89. The van der Waals surface area contributed by atoms with E-state index in [4.69, 9.17) is 27.9 Å². The average molecular weight is 534 g/mol. The molecule has 1 heterocycles. The Morgan fingerprint density at radius 1 is 1.14 bits per heavy atom. The molecule has 2 aromatic carbocycles. The van der Waals surface area contributed by atoms with Crippen LogP contribution in [0.5, 0.6) is 11.5 Å². The van der Waals surface area contributed by atoms with Gasteiger partial charge in [-0.1, -0.05) is 48.2 Å². The molecule has 3 aromatic rings. The minimum atomic E-state index is -1.04. The zero-order valence-corrected chi connectivity index (χ0v) is 21.4. The van der Waals surface area contributed by atoms with Crippen molar-refractivity contribution in [1.29, 1.82) is 0 Å². The van der Waals surface area contributed by atoms with E-state index in [0.717, 1.165) is 37.2 Å². The Balaban J connectivity index is 1.82. The summed E-state index contributed by atoms with van der Waals surface area (Å²) >= 11 is 13.3. The smallest absolute Gasteiger partial charge is 0.280 e. The maximum Gasteiger partial charge on any atom is 0.280 e. The van der Waals surface area contributed by atoms with E-state index in [1.807, 2.05) is 6.92 Å². The zero-order chi connectivity index (χ0) is 24.9. The van der Waals surface area contributed by atoms with Crippen LogP contribution in [0.4, 0.5) is 5.69 Å². The van der Waals surface area contributed by atoms with Gasteiger partial charge in [0, 0.05) is 11.7 Å². The first-order chi connectivity index (χ1) is 16.9. The van der Waals surface area contributed by atoms with E-state index in [1.54, 1.807) is 36.4 Å². The molecule has 184 valence electrons. The minimum absolute atomic E-state index is 0.0343. The second-order valence-corrected chi connectivity index (χ2v) is 9.96. The van der Waals surface area contributed by atoms with Gasteiger partial charge >= 0.3 is 0 Å². The lowest BCUT2D eigenvalue weighted by molar-refractivity contribution is -0.123. The van der Waals surface area contributed by atoms with Crippen LogP contribution in [0.2, 0.25) is 9.36 Å². The number of rotatable bonds is 8. The molecule has 0 aliphatic heterocycles. The van der Waals surface area contributed by atoms with Gasteiger partial charge in [-0.25, -0.2) is 0 Å². The topological polar surface area (TPSA) is 91.8 Å². The predicted octanol–water partition coefficient (Wildman–Crippen LogP) is 6.00. The molecule has 0 saturated heterocycles. The molecule has 2 N–H and O–H groups in total. The van der Waals surface area contributed by atoms with Gasteiger partial charge in [-0.2, -0.15) is 4.37 Å². The van der Waals surface area contributed by atoms with Gasteiger partial charge in [-0.3, -0.25) is 14.5 Å². The highest BCUT2D eigenvalue weighted by Crippen LogP contribution is 2.36. The summed E-state index contributed by atoms with van der Waals surface area (Å²) in [6.07, 6.45) is 3.86. The molecule has 1 saturated carbocycles. The van der Waals surface area contributed by atoms with Crippen LogP contribution in [0.15, 0.2) is 48.5 Å². The van der Waals surface area contributed by atoms with E-state index < -0.39 is 11.9 Å². The van der Waals surface area contributed by atoms with Crippen LogP contribution < -0.4 is 15.0 Å². The number of aromatic hydroxyl groups is 1. The molecule has 1 aliphatic rings. The van der Waals surface area contributed by atoms with Gasteiger partial charge in [0.25, 0.3) is 5.91 Å². The number of benzene rings is 2. The molecule has 35 heavy (non-hydrogen) atoms. The van der Waals surface area contributed by atoms with Crippen LogP contribution in [0.25, 0.3) is 0 Å². The number of hydrogen-bond acceptors (Lipinski definition) is 6. The Morgan fingerprint density at radius 3 is 2.37 bits per heavy atom. The van der Waals surface area contributed by atoms with Gasteiger partial charge in [0.15, 0.2) is 5.69 Å². The summed E-state index contributed by atoms with van der Waals surface area (Å²) in [5.41, 5.74) is 0.948. The Kier molecular flexibility index (Phi) is 8.15. The van der Waals surface area contributed by atoms with Gasteiger partial charge in [0.1, 0.15) is 26.9 Å². The lowest BCUT2D eigenvalue weighted by atomic mass is 10.0. The van der Waals surface area contributed by atoms with Crippen LogP contribution in [-0.4, -0.2) is 33.9 Å². The van der Waals surface area contributed by atoms with E-state index in [2.05, 4.69) is 9.69 Å². The maximum absolute atomic E-state index is 13.9. The van der Waals surface area contributed by atoms with Crippen molar-refractivity contribution >= 4 is 52.2 Å². The number of halogens is 2. The molecule has 0 radical (unpaired) electrons. The number of carbonyl (C=O) groups is 2. The molecular weight excluding hydrogens is 509 g/mol. The predicted molar refractivity (Wildman–Crippen MR) is 138 cm³/mol. The monoisotopic (exact) mass is 533 g/mol. The third-order valence-electron chi connectivity index (χ3n) is 5.86. The van der Waals surface area contributed by atoms with E-state index in [-0.39, 0.29) is 32.8 Å². The minimum Gasteiger partial charge on any atom is -0.508 e. The first-order valence-electron chi connectivity index (χ1n) is 11.4. The zero-order valence-electron chi connectivity index (χ0n) is 19.0. The number of aromatic nitrogens is 1. The average Bonchev–Trinajstić information content (AvgIpc) is 3.48. The van der Waals surface area contributed by atoms with Crippen molar-refractivity contribution in [3.63, 3.8) is 0 Å². The maximum atomic E-state index is 13.9. The van der Waals surface area contributed by atoms with Crippen molar-refractivity contribution in [3.8, 4) is 11.5 Å². The molecule has 2 amide bonds. The molecule has 0 bridgehead atoms. The number of carbonyl (C=O) groups excluding carboxylic acids is 2. The lowest BCUT2D eigenvalue weighted by Crippen LogP contribution is -2.46. The number of amides is 2. The quantitative estimate of drug-likeness (QED) is 0.370. The van der Waals surface area contributed by atoms with Gasteiger partial charge < -0.3 is 15.2 Å². The first-order valence-corrected chi connectivity index (χ1v) is 12.9. The summed E-state index contributed by atoms with van der Waals surface area (Å²) in [5.74, 6) is -0.212. The second-order valence-electron chi connectivity index (χ2n) is 8.20. The molecule has 0 spiro atoms. The number of nitrogens with zero attached hydrogens (tertiary/aromatic N) is 2. The van der Waals surface area contributed by atoms with Crippen molar-refractivity contribution in [3.05, 3.63) is 69.1 Å². The van der Waals surface area contributed by atoms with E-state index in [0.29, 0.717) is 23.6 Å². The molecule has 1 fully saturated rings. The van der Waals surface area contributed by atoms with Crippen molar-refractivity contribution in [1.82, 2.24) is 9.69 Å².